The Morgan fingerprint density at radius 3 is 1.27 bits per heavy atom. The molecule has 0 aliphatic carbocycles. The van der Waals surface area contributed by atoms with E-state index in [2.05, 4.69) is 93.7 Å². The highest BCUT2D eigenvalue weighted by Gasteiger charge is 2.17. The zero-order chi connectivity index (χ0) is 43.5. The van der Waals surface area contributed by atoms with Crippen molar-refractivity contribution in [1.29, 1.82) is 0 Å². The molecule has 0 aliphatic rings. The monoisotopic (exact) mass is 837 g/mol. The predicted octanol–water partition coefficient (Wildman–Crippen LogP) is 17.1. The van der Waals surface area contributed by atoms with Gasteiger partial charge in [0.25, 0.3) is 0 Å². The van der Waals surface area contributed by atoms with Crippen LogP contribution in [0.4, 0.5) is 0 Å². The average Bonchev–Trinajstić information content (AvgIpc) is 3.25. The second-order valence-electron chi connectivity index (χ2n) is 16.7. The molecule has 5 heteroatoms. The second-order valence-corrected chi connectivity index (χ2v) is 16.7. The fraction of sp³-hybridized carbons (Fsp3) is 0.745. The first-order valence-electron chi connectivity index (χ1n) is 25.5. The maximum atomic E-state index is 12.8. The van der Waals surface area contributed by atoms with Gasteiger partial charge in [-0.1, -0.05) is 196 Å². The van der Waals surface area contributed by atoms with Gasteiger partial charge in [-0.15, -0.1) is 0 Å². The molecule has 0 saturated carbocycles. The lowest BCUT2D eigenvalue weighted by molar-refractivity contribution is -0.163. The van der Waals surface area contributed by atoms with Crippen LogP contribution in [0.5, 0.6) is 0 Å². The van der Waals surface area contributed by atoms with Crippen molar-refractivity contribution in [1.82, 2.24) is 0 Å². The minimum absolute atomic E-state index is 0.0705. The molecule has 346 valence electrons. The lowest BCUT2D eigenvalue weighted by Gasteiger charge is -2.18. The zero-order valence-electron chi connectivity index (χ0n) is 39.7. The van der Waals surface area contributed by atoms with E-state index in [9.17, 15) is 9.59 Å². The van der Waals surface area contributed by atoms with Crippen LogP contribution in [-0.4, -0.2) is 37.9 Å². The first-order valence-corrected chi connectivity index (χ1v) is 25.5. The Hall–Kier alpha value is -2.66. The van der Waals surface area contributed by atoms with E-state index in [-0.39, 0.29) is 25.2 Å². The molecule has 0 aliphatic heterocycles. The summed E-state index contributed by atoms with van der Waals surface area (Å²) in [5.41, 5.74) is 0. The molecule has 0 spiro atoms. The van der Waals surface area contributed by atoms with Gasteiger partial charge < -0.3 is 14.2 Å². The Morgan fingerprint density at radius 2 is 0.767 bits per heavy atom. The van der Waals surface area contributed by atoms with Crippen molar-refractivity contribution in [2.75, 3.05) is 19.8 Å². The van der Waals surface area contributed by atoms with Crippen molar-refractivity contribution in [2.24, 2.45) is 0 Å². The van der Waals surface area contributed by atoms with Gasteiger partial charge in [-0.2, -0.15) is 0 Å². The lowest BCUT2D eigenvalue weighted by Crippen LogP contribution is -2.30. The van der Waals surface area contributed by atoms with E-state index in [4.69, 9.17) is 14.2 Å². The summed E-state index contributed by atoms with van der Waals surface area (Å²) in [7, 11) is 0. The number of unbranched alkanes of at least 4 members (excludes halogenated alkanes) is 23. The Balaban J connectivity index is 4.28. The third-order valence-corrected chi connectivity index (χ3v) is 10.7. The van der Waals surface area contributed by atoms with E-state index >= 15 is 0 Å². The molecule has 0 amide bonds. The van der Waals surface area contributed by atoms with Crippen molar-refractivity contribution < 1.29 is 23.8 Å². The van der Waals surface area contributed by atoms with Crippen LogP contribution in [0.1, 0.15) is 239 Å². The van der Waals surface area contributed by atoms with Gasteiger partial charge in [0.05, 0.1) is 6.61 Å². The summed E-state index contributed by atoms with van der Waals surface area (Å²) >= 11 is 0. The molecule has 60 heavy (non-hydrogen) atoms. The molecule has 0 rings (SSSR count). The molecule has 0 aromatic carbocycles. The summed E-state index contributed by atoms with van der Waals surface area (Å²) in [5.74, 6) is -0.424. The van der Waals surface area contributed by atoms with Crippen molar-refractivity contribution in [2.45, 2.75) is 245 Å². The van der Waals surface area contributed by atoms with Gasteiger partial charge in [0.15, 0.2) is 6.10 Å². The smallest absolute Gasteiger partial charge is 0.306 e. The normalized spacial score (nSPS) is 12.8. The SMILES string of the molecule is CC/C=C\C/C=C\C/C=C\CCCCCCCCCC(=O)OCC(COCCCCCCCC/C=C\C/C=C\CCCCC)OC(=O)CCCCCCC/C=C\CCCC. The Morgan fingerprint density at radius 1 is 0.383 bits per heavy atom. The summed E-state index contributed by atoms with van der Waals surface area (Å²) in [4.78, 5) is 25.3. The summed E-state index contributed by atoms with van der Waals surface area (Å²) < 4.78 is 17.4. The van der Waals surface area contributed by atoms with Crippen LogP contribution in [0.2, 0.25) is 0 Å². The third-order valence-electron chi connectivity index (χ3n) is 10.7. The molecule has 0 radical (unpaired) electrons. The minimum atomic E-state index is -0.551. The molecule has 0 heterocycles. The van der Waals surface area contributed by atoms with Gasteiger partial charge in [-0.3, -0.25) is 9.59 Å². The second kappa shape index (κ2) is 50.7. The number of hydrogen-bond donors (Lipinski definition) is 0. The van der Waals surface area contributed by atoms with Crippen molar-refractivity contribution in [3.05, 3.63) is 72.9 Å². The summed E-state index contributed by atoms with van der Waals surface area (Å²) in [6.07, 6.45) is 64.8. The van der Waals surface area contributed by atoms with Crippen molar-refractivity contribution in [3.63, 3.8) is 0 Å². The molecule has 0 saturated heterocycles. The maximum absolute atomic E-state index is 12.8. The lowest BCUT2D eigenvalue weighted by atomic mass is 10.1. The van der Waals surface area contributed by atoms with E-state index in [1.165, 1.54) is 116 Å². The van der Waals surface area contributed by atoms with Gasteiger partial charge in [0.2, 0.25) is 0 Å². The topological polar surface area (TPSA) is 61.8 Å². The minimum Gasteiger partial charge on any atom is -0.462 e. The largest absolute Gasteiger partial charge is 0.462 e. The summed E-state index contributed by atoms with van der Waals surface area (Å²) in [6.45, 7) is 7.62. The quantitative estimate of drug-likeness (QED) is 0.0347. The number of ether oxygens (including phenoxy) is 3. The highest BCUT2D eigenvalue weighted by atomic mass is 16.6. The number of rotatable bonds is 46. The number of allylic oxidation sites excluding steroid dienone is 12. The summed E-state index contributed by atoms with van der Waals surface area (Å²) in [6, 6.07) is 0. The molecular weight excluding hydrogens is 741 g/mol. The summed E-state index contributed by atoms with van der Waals surface area (Å²) in [5, 5.41) is 0. The predicted molar refractivity (Wildman–Crippen MR) is 260 cm³/mol. The van der Waals surface area contributed by atoms with Crippen LogP contribution in [0.15, 0.2) is 72.9 Å². The van der Waals surface area contributed by atoms with E-state index < -0.39 is 6.10 Å². The van der Waals surface area contributed by atoms with Gasteiger partial charge in [0.1, 0.15) is 6.61 Å². The van der Waals surface area contributed by atoms with Crippen LogP contribution in [0.3, 0.4) is 0 Å². The standard InChI is InChI=1S/C55H96O5/c1-4-7-10-13-16-19-22-24-26-28-29-31-34-36-39-42-45-48-54(56)59-52-53(60-55(57)49-46-43-40-37-33-21-18-15-12-9-6-3)51-58-50-47-44-41-38-35-32-30-27-25-23-20-17-14-11-8-5-2/h7,10,15-20,24-27,53H,4-6,8-9,11-14,21-23,28-52H2,1-3H3/b10-7-,18-15-,19-16-,20-17-,26-24-,27-25-. The van der Waals surface area contributed by atoms with E-state index in [1.807, 2.05) is 0 Å². The Bertz CT molecular complexity index is 1080. The average molecular weight is 837 g/mol. The Labute approximate surface area is 372 Å². The highest BCUT2D eigenvalue weighted by molar-refractivity contribution is 5.70. The van der Waals surface area contributed by atoms with E-state index in [0.29, 0.717) is 19.4 Å². The molecular formula is C55H96O5. The van der Waals surface area contributed by atoms with Gasteiger partial charge in [-0.05, 0) is 103 Å². The highest BCUT2D eigenvalue weighted by Crippen LogP contribution is 2.13. The van der Waals surface area contributed by atoms with E-state index in [1.54, 1.807) is 0 Å². The van der Waals surface area contributed by atoms with Crippen LogP contribution in [-0.2, 0) is 23.8 Å². The number of carbonyl (C=O) groups is 2. The first-order chi connectivity index (χ1) is 29.6. The van der Waals surface area contributed by atoms with Gasteiger partial charge >= 0.3 is 11.9 Å². The van der Waals surface area contributed by atoms with Crippen molar-refractivity contribution in [3.8, 4) is 0 Å². The molecule has 0 aromatic rings. The van der Waals surface area contributed by atoms with Gasteiger partial charge in [0, 0.05) is 19.4 Å². The van der Waals surface area contributed by atoms with Crippen molar-refractivity contribution >= 4 is 11.9 Å². The van der Waals surface area contributed by atoms with Gasteiger partial charge in [-0.25, -0.2) is 0 Å². The fourth-order valence-corrected chi connectivity index (χ4v) is 6.89. The van der Waals surface area contributed by atoms with Crippen LogP contribution in [0, 0.1) is 0 Å². The molecule has 1 unspecified atom stereocenters. The molecule has 0 fully saturated rings. The fourth-order valence-electron chi connectivity index (χ4n) is 6.89. The van der Waals surface area contributed by atoms with Crippen LogP contribution < -0.4 is 0 Å². The van der Waals surface area contributed by atoms with Crippen LogP contribution in [0.25, 0.3) is 0 Å². The maximum Gasteiger partial charge on any atom is 0.306 e. The molecule has 5 nitrogen and oxygen atoms in total. The Kier molecular flexibility index (Phi) is 48.4. The molecule has 0 N–H and O–H groups in total. The van der Waals surface area contributed by atoms with E-state index in [0.717, 1.165) is 89.9 Å². The zero-order valence-corrected chi connectivity index (χ0v) is 39.7. The molecule has 0 aromatic heterocycles. The molecule has 1 atom stereocenters. The molecule has 0 bridgehead atoms. The number of esters is 2. The third kappa shape index (κ3) is 48.0. The number of hydrogen-bond acceptors (Lipinski definition) is 5. The van der Waals surface area contributed by atoms with Crippen LogP contribution >= 0.6 is 0 Å². The number of carbonyl (C=O) groups excluding carboxylic acids is 2. The first kappa shape index (κ1) is 57.3.